The number of ether oxygens (including phenoxy) is 1. The van der Waals surface area contributed by atoms with Crippen molar-refractivity contribution >= 4 is 11.6 Å². The Morgan fingerprint density at radius 2 is 1.66 bits per heavy atom. The molecule has 0 aliphatic carbocycles. The maximum atomic E-state index is 12.9. The fourth-order valence-electron chi connectivity index (χ4n) is 3.00. The van der Waals surface area contributed by atoms with E-state index in [2.05, 4.69) is 15.5 Å². The van der Waals surface area contributed by atoms with E-state index in [1.807, 2.05) is 84.9 Å². The lowest BCUT2D eigenvalue weighted by atomic mass is 10.1. The highest BCUT2D eigenvalue weighted by Crippen LogP contribution is 2.19. The van der Waals surface area contributed by atoms with E-state index in [4.69, 9.17) is 4.74 Å². The molecule has 1 aromatic heterocycles. The summed E-state index contributed by atoms with van der Waals surface area (Å²) in [6.45, 7) is 0. The third kappa shape index (κ3) is 4.32. The lowest BCUT2D eigenvalue weighted by Crippen LogP contribution is -2.15. The van der Waals surface area contributed by atoms with Crippen molar-refractivity contribution in [3.63, 3.8) is 0 Å². The first-order valence-electron chi connectivity index (χ1n) is 9.24. The third-order valence-corrected chi connectivity index (χ3v) is 4.42. The molecule has 0 atom stereocenters. The van der Waals surface area contributed by atoms with Gasteiger partial charge in [0.1, 0.15) is 11.4 Å². The molecule has 1 N–H and O–H groups in total. The highest BCUT2D eigenvalue weighted by atomic mass is 16.5. The van der Waals surface area contributed by atoms with E-state index < -0.39 is 0 Å². The Labute approximate surface area is 168 Å². The minimum Gasteiger partial charge on any atom is -0.497 e. The summed E-state index contributed by atoms with van der Waals surface area (Å²) < 4.78 is 5.30. The van der Waals surface area contributed by atoms with Gasteiger partial charge in [0.2, 0.25) is 0 Å². The number of benzene rings is 3. The van der Waals surface area contributed by atoms with E-state index in [9.17, 15) is 4.79 Å². The fraction of sp³-hybridized carbons (Fsp3) is 0.0870. The van der Waals surface area contributed by atoms with Crippen LogP contribution in [0.5, 0.6) is 5.75 Å². The van der Waals surface area contributed by atoms with Gasteiger partial charge in [0, 0.05) is 12.1 Å². The van der Waals surface area contributed by atoms with Gasteiger partial charge in [-0.25, -0.2) is 0 Å². The van der Waals surface area contributed by atoms with Crippen molar-refractivity contribution in [2.24, 2.45) is 0 Å². The van der Waals surface area contributed by atoms with Gasteiger partial charge < -0.3 is 10.1 Å². The van der Waals surface area contributed by atoms with Crippen molar-refractivity contribution in [2.75, 3.05) is 12.4 Å². The van der Waals surface area contributed by atoms with Gasteiger partial charge in [-0.05, 0) is 42.0 Å². The highest BCUT2D eigenvalue weighted by Gasteiger charge is 2.20. The van der Waals surface area contributed by atoms with Gasteiger partial charge >= 0.3 is 0 Å². The van der Waals surface area contributed by atoms with Gasteiger partial charge in [-0.15, -0.1) is 5.10 Å². The third-order valence-electron chi connectivity index (χ3n) is 4.42. The van der Waals surface area contributed by atoms with E-state index in [1.165, 1.54) is 4.80 Å². The van der Waals surface area contributed by atoms with Crippen LogP contribution in [0.1, 0.15) is 21.7 Å². The Kier molecular flexibility index (Phi) is 5.33. The van der Waals surface area contributed by atoms with Crippen LogP contribution in [-0.2, 0) is 6.42 Å². The van der Waals surface area contributed by atoms with Crippen molar-refractivity contribution in [2.45, 2.75) is 6.42 Å². The number of amides is 1. The molecule has 3 aromatic carbocycles. The molecule has 29 heavy (non-hydrogen) atoms. The zero-order valence-electron chi connectivity index (χ0n) is 15.9. The number of rotatable bonds is 6. The molecule has 0 bridgehead atoms. The summed E-state index contributed by atoms with van der Waals surface area (Å²) in [6.07, 6.45) is 0.460. The number of methoxy groups -OCH3 is 1. The van der Waals surface area contributed by atoms with Crippen molar-refractivity contribution in [1.82, 2.24) is 15.0 Å². The molecule has 0 fully saturated rings. The Morgan fingerprint density at radius 3 is 2.38 bits per heavy atom. The molecule has 6 nitrogen and oxygen atoms in total. The van der Waals surface area contributed by atoms with Gasteiger partial charge in [-0.3, -0.25) is 4.79 Å². The maximum absolute atomic E-state index is 12.9. The molecule has 0 saturated carbocycles. The van der Waals surface area contributed by atoms with Crippen molar-refractivity contribution in [1.29, 1.82) is 0 Å². The van der Waals surface area contributed by atoms with Crippen LogP contribution in [0.4, 0.5) is 5.69 Å². The van der Waals surface area contributed by atoms with Crippen LogP contribution in [-0.4, -0.2) is 28.0 Å². The molecule has 0 unspecified atom stereocenters. The summed E-state index contributed by atoms with van der Waals surface area (Å²) in [7, 11) is 1.63. The summed E-state index contributed by atoms with van der Waals surface area (Å²) >= 11 is 0. The Balaban J connectivity index is 1.69. The Morgan fingerprint density at radius 1 is 0.931 bits per heavy atom. The van der Waals surface area contributed by atoms with E-state index in [0.29, 0.717) is 23.5 Å². The number of nitrogens with zero attached hydrogens (tertiary/aromatic N) is 3. The molecule has 4 rings (SSSR count). The van der Waals surface area contributed by atoms with Crippen LogP contribution in [0, 0.1) is 0 Å². The summed E-state index contributed by atoms with van der Waals surface area (Å²) in [5.41, 5.74) is 3.37. The molecule has 1 heterocycles. The SMILES string of the molecule is COc1cccc(Cc2nn(-c3ccccc3)nc2C(=O)Nc2ccccc2)c1. The molecular weight excluding hydrogens is 364 g/mol. The molecule has 1 amide bonds. The zero-order valence-corrected chi connectivity index (χ0v) is 15.9. The molecule has 0 aliphatic rings. The second kappa shape index (κ2) is 8.39. The van der Waals surface area contributed by atoms with Gasteiger partial charge in [0.15, 0.2) is 5.69 Å². The summed E-state index contributed by atoms with van der Waals surface area (Å²) in [4.78, 5) is 14.4. The average Bonchev–Trinajstić information content (AvgIpc) is 3.19. The Bertz CT molecular complexity index is 1110. The molecule has 0 aliphatic heterocycles. The first kappa shape index (κ1) is 18.4. The number of carbonyl (C=O) groups is 1. The molecular formula is C23H20N4O2. The fourth-order valence-corrected chi connectivity index (χ4v) is 3.00. The van der Waals surface area contributed by atoms with E-state index in [1.54, 1.807) is 7.11 Å². The lowest BCUT2D eigenvalue weighted by Gasteiger charge is -2.05. The predicted octanol–water partition coefficient (Wildman–Crippen LogP) is 4.12. The molecule has 4 aromatic rings. The van der Waals surface area contributed by atoms with Crippen molar-refractivity contribution in [3.05, 3.63) is 102 Å². The van der Waals surface area contributed by atoms with Gasteiger partial charge in [0.25, 0.3) is 5.91 Å². The van der Waals surface area contributed by atoms with Crippen LogP contribution in [0.25, 0.3) is 5.69 Å². The summed E-state index contributed by atoms with van der Waals surface area (Å²) in [5, 5.41) is 12.0. The molecule has 0 spiro atoms. The minimum absolute atomic E-state index is 0.292. The smallest absolute Gasteiger partial charge is 0.278 e. The number of hydrogen-bond donors (Lipinski definition) is 1. The second-order valence-electron chi connectivity index (χ2n) is 6.47. The summed E-state index contributed by atoms with van der Waals surface area (Å²) in [5.74, 6) is 0.463. The maximum Gasteiger partial charge on any atom is 0.278 e. The number of nitrogens with one attached hydrogen (secondary N) is 1. The number of carbonyl (C=O) groups excluding carboxylic acids is 1. The molecule has 0 radical (unpaired) electrons. The number of aromatic nitrogens is 3. The quantitative estimate of drug-likeness (QED) is 0.543. The standard InChI is InChI=1S/C23H20N4O2/c1-29-20-14-8-9-17(15-20)16-21-22(23(28)24-18-10-4-2-5-11-18)26-27(25-21)19-12-6-3-7-13-19/h2-15H,16H2,1H3,(H,24,28). The average molecular weight is 384 g/mol. The molecule has 144 valence electrons. The van der Waals surface area contributed by atoms with Crippen LogP contribution in [0.15, 0.2) is 84.9 Å². The van der Waals surface area contributed by atoms with E-state index >= 15 is 0 Å². The van der Waals surface area contributed by atoms with Gasteiger partial charge in [0.05, 0.1) is 12.8 Å². The molecule has 0 saturated heterocycles. The monoisotopic (exact) mass is 384 g/mol. The number of para-hydroxylation sites is 2. The van der Waals surface area contributed by atoms with Crippen LogP contribution < -0.4 is 10.1 Å². The molecule has 6 heteroatoms. The van der Waals surface area contributed by atoms with Gasteiger partial charge in [-0.1, -0.05) is 48.5 Å². The largest absolute Gasteiger partial charge is 0.497 e. The second-order valence-corrected chi connectivity index (χ2v) is 6.47. The van der Waals surface area contributed by atoms with Crippen LogP contribution in [0.2, 0.25) is 0 Å². The highest BCUT2D eigenvalue weighted by molar-refractivity contribution is 6.03. The van der Waals surface area contributed by atoms with Crippen molar-refractivity contribution < 1.29 is 9.53 Å². The van der Waals surface area contributed by atoms with E-state index in [-0.39, 0.29) is 5.91 Å². The first-order valence-corrected chi connectivity index (χ1v) is 9.24. The minimum atomic E-state index is -0.295. The normalized spacial score (nSPS) is 10.5. The number of hydrogen-bond acceptors (Lipinski definition) is 4. The van der Waals surface area contributed by atoms with Crippen molar-refractivity contribution in [3.8, 4) is 11.4 Å². The summed E-state index contributed by atoms with van der Waals surface area (Å²) in [6, 6.07) is 26.5. The van der Waals surface area contributed by atoms with Gasteiger partial charge in [-0.2, -0.15) is 9.90 Å². The first-order chi connectivity index (χ1) is 14.2. The topological polar surface area (TPSA) is 69.0 Å². The van der Waals surface area contributed by atoms with Crippen LogP contribution >= 0.6 is 0 Å². The number of anilines is 1. The van der Waals surface area contributed by atoms with Crippen LogP contribution in [0.3, 0.4) is 0 Å². The predicted molar refractivity (Wildman–Crippen MR) is 112 cm³/mol. The zero-order chi connectivity index (χ0) is 20.1. The Hall–Kier alpha value is -3.93. The van der Waals surface area contributed by atoms with E-state index in [0.717, 1.165) is 17.0 Å². The lowest BCUT2D eigenvalue weighted by molar-refractivity contribution is 0.102.